The van der Waals surface area contributed by atoms with Gasteiger partial charge in [0.15, 0.2) is 0 Å². The number of rotatable bonds is 5. The topological polar surface area (TPSA) is 98.0 Å². The second-order valence-electron chi connectivity index (χ2n) is 4.12. The van der Waals surface area contributed by atoms with Crippen LogP contribution in [-0.4, -0.2) is 24.7 Å². The number of nitrogens with two attached hydrogens (primary N) is 1. The summed E-state index contributed by atoms with van der Waals surface area (Å²) in [5.41, 5.74) is 6.45. The van der Waals surface area contributed by atoms with Gasteiger partial charge in [-0.25, -0.2) is 13.1 Å². The van der Waals surface area contributed by atoms with Crippen LogP contribution in [0.3, 0.4) is 0 Å². The maximum atomic E-state index is 12.0. The Labute approximate surface area is 115 Å². The first-order valence-electron chi connectivity index (χ1n) is 5.62. The van der Waals surface area contributed by atoms with Gasteiger partial charge in [-0.15, -0.1) is 10.2 Å². The first-order valence-corrected chi connectivity index (χ1v) is 7.92. The van der Waals surface area contributed by atoms with Crippen LogP contribution in [0.2, 0.25) is 0 Å². The van der Waals surface area contributed by atoms with E-state index in [-0.39, 0.29) is 15.5 Å². The predicted octanol–water partition coefficient (Wildman–Crippen LogP) is 1.03. The molecule has 102 valence electrons. The molecule has 0 aliphatic rings. The maximum Gasteiger partial charge on any atom is 0.270 e. The Morgan fingerprint density at radius 3 is 2.58 bits per heavy atom. The third-order valence-corrected chi connectivity index (χ3v) is 5.10. The van der Waals surface area contributed by atoms with Gasteiger partial charge in [0.1, 0.15) is 0 Å². The molecule has 0 fully saturated rings. The SMILES string of the molecule is CC(Cc1ccccc1)NS(=O)(=O)c1nnc(N)s1. The zero-order valence-electron chi connectivity index (χ0n) is 10.3. The summed E-state index contributed by atoms with van der Waals surface area (Å²) in [4.78, 5) is 0. The van der Waals surface area contributed by atoms with Gasteiger partial charge in [-0.05, 0) is 18.9 Å². The summed E-state index contributed by atoms with van der Waals surface area (Å²) >= 11 is 0.848. The van der Waals surface area contributed by atoms with Crippen molar-refractivity contribution >= 4 is 26.5 Å². The largest absolute Gasteiger partial charge is 0.374 e. The Balaban J connectivity index is 2.04. The molecule has 2 rings (SSSR count). The molecule has 0 aliphatic heterocycles. The predicted molar refractivity (Wildman–Crippen MR) is 74.3 cm³/mol. The molecule has 1 unspecified atom stereocenters. The fourth-order valence-corrected chi connectivity index (χ4v) is 3.70. The Kier molecular flexibility index (Phi) is 4.13. The third kappa shape index (κ3) is 3.72. The Morgan fingerprint density at radius 2 is 2.00 bits per heavy atom. The van der Waals surface area contributed by atoms with Crippen LogP contribution in [0.4, 0.5) is 5.13 Å². The van der Waals surface area contributed by atoms with Crippen molar-refractivity contribution in [3.63, 3.8) is 0 Å². The summed E-state index contributed by atoms with van der Waals surface area (Å²) in [6.45, 7) is 1.80. The molecule has 1 heterocycles. The number of hydrogen-bond donors (Lipinski definition) is 2. The molecule has 0 saturated heterocycles. The zero-order chi connectivity index (χ0) is 13.9. The molecule has 0 amide bonds. The Morgan fingerprint density at radius 1 is 1.32 bits per heavy atom. The molecule has 1 aromatic carbocycles. The van der Waals surface area contributed by atoms with Gasteiger partial charge in [0.05, 0.1) is 0 Å². The normalized spacial score (nSPS) is 13.3. The monoisotopic (exact) mass is 298 g/mol. The molecule has 1 atom stereocenters. The lowest BCUT2D eigenvalue weighted by Crippen LogP contribution is -2.34. The molecule has 3 N–H and O–H groups in total. The van der Waals surface area contributed by atoms with E-state index >= 15 is 0 Å². The minimum Gasteiger partial charge on any atom is -0.374 e. The highest BCUT2D eigenvalue weighted by Crippen LogP contribution is 2.17. The number of nitrogens with one attached hydrogen (secondary N) is 1. The van der Waals surface area contributed by atoms with Crippen LogP contribution in [0.5, 0.6) is 0 Å². The summed E-state index contributed by atoms with van der Waals surface area (Å²) in [7, 11) is -3.64. The molecule has 0 spiro atoms. The van der Waals surface area contributed by atoms with Crippen molar-refractivity contribution in [2.24, 2.45) is 0 Å². The molecule has 8 heteroatoms. The van der Waals surface area contributed by atoms with Crippen LogP contribution in [0.25, 0.3) is 0 Å². The van der Waals surface area contributed by atoms with Crippen LogP contribution >= 0.6 is 11.3 Å². The summed E-state index contributed by atoms with van der Waals surface area (Å²) in [6.07, 6.45) is 0.606. The van der Waals surface area contributed by atoms with Crippen molar-refractivity contribution < 1.29 is 8.42 Å². The van der Waals surface area contributed by atoms with Gasteiger partial charge in [-0.2, -0.15) is 0 Å². The minimum atomic E-state index is -3.64. The number of hydrogen-bond acceptors (Lipinski definition) is 6. The van der Waals surface area contributed by atoms with E-state index in [9.17, 15) is 8.42 Å². The van der Waals surface area contributed by atoms with Crippen molar-refractivity contribution in [1.82, 2.24) is 14.9 Å². The average Bonchev–Trinajstić information content (AvgIpc) is 2.77. The Hall–Kier alpha value is -1.51. The maximum absolute atomic E-state index is 12.0. The second-order valence-corrected chi connectivity index (χ2v) is 7.02. The molecule has 1 aromatic heterocycles. The van der Waals surface area contributed by atoms with E-state index < -0.39 is 10.0 Å². The second kappa shape index (κ2) is 5.64. The van der Waals surface area contributed by atoms with E-state index in [0.29, 0.717) is 6.42 Å². The summed E-state index contributed by atoms with van der Waals surface area (Å²) in [6, 6.07) is 9.42. The van der Waals surface area contributed by atoms with Crippen molar-refractivity contribution in [2.45, 2.75) is 23.7 Å². The van der Waals surface area contributed by atoms with Gasteiger partial charge in [-0.3, -0.25) is 0 Å². The zero-order valence-corrected chi connectivity index (χ0v) is 11.9. The quantitative estimate of drug-likeness (QED) is 0.859. The van der Waals surface area contributed by atoms with Crippen LogP contribution in [0.15, 0.2) is 34.7 Å². The van der Waals surface area contributed by atoms with Crippen LogP contribution in [-0.2, 0) is 16.4 Å². The van der Waals surface area contributed by atoms with Crippen molar-refractivity contribution in [1.29, 1.82) is 0 Å². The third-order valence-electron chi connectivity index (χ3n) is 2.39. The highest BCUT2D eigenvalue weighted by atomic mass is 32.2. The highest BCUT2D eigenvalue weighted by Gasteiger charge is 2.21. The molecule has 19 heavy (non-hydrogen) atoms. The van der Waals surface area contributed by atoms with Gasteiger partial charge in [0.2, 0.25) is 9.47 Å². The number of sulfonamides is 1. The Bertz CT molecular complexity index is 640. The van der Waals surface area contributed by atoms with E-state index in [1.807, 2.05) is 30.3 Å². The molecule has 0 aliphatic carbocycles. The molecular weight excluding hydrogens is 284 g/mol. The van der Waals surface area contributed by atoms with E-state index in [1.54, 1.807) is 6.92 Å². The van der Waals surface area contributed by atoms with Gasteiger partial charge < -0.3 is 5.73 Å². The lowest BCUT2D eigenvalue weighted by atomic mass is 10.1. The van der Waals surface area contributed by atoms with Crippen molar-refractivity contribution in [3.05, 3.63) is 35.9 Å². The number of anilines is 1. The van der Waals surface area contributed by atoms with E-state index in [0.717, 1.165) is 16.9 Å². The van der Waals surface area contributed by atoms with Gasteiger partial charge in [-0.1, -0.05) is 41.7 Å². The van der Waals surface area contributed by atoms with Crippen molar-refractivity contribution in [2.75, 3.05) is 5.73 Å². The first-order chi connectivity index (χ1) is 8.97. The number of nitrogen functional groups attached to an aromatic ring is 1. The fourth-order valence-electron chi connectivity index (χ4n) is 1.65. The number of benzene rings is 1. The standard InChI is InChI=1S/C11H14N4O2S2/c1-8(7-9-5-3-2-4-6-9)15-19(16,17)11-14-13-10(12)18-11/h2-6,8,15H,7H2,1H3,(H2,12,13). The molecule has 6 nitrogen and oxygen atoms in total. The van der Waals surface area contributed by atoms with Gasteiger partial charge in [0, 0.05) is 6.04 Å². The summed E-state index contributed by atoms with van der Waals surface area (Å²) < 4.78 is 26.4. The molecule has 2 aromatic rings. The minimum absolute atomic E-state index is 0.107. The van der Waals surface area contributed by atoms with Crippen LogP contribution in [0, 0.1) is 0 Å². The average molecular weight is 298 g/mol. The van der Waals surface area contributed by atoms with E-state index in [4.69, 9.17) is 5.73 Å². The van der Waals surface area contributed by atoms with Crippen molar-refractivity contribution in [3.8, 4) is 0 Å². The smallest absolute Gasteiger partial charge is 0.270 e. The van der Waals surface area contributed by atoms with Gasteiger partial charge >= 0.3 is 0 Å². The van der Waals surface area contributed by atoms with Gasteiger partial charge in [0.25, 0.3) is 10.0 Å². The van der Waals surface area contributed by atoms with E-state index in [1.165, 1.54) is 0 Å². The summed E-state index contributed by atoms with van der Waals surface area (Å²) in [5, 5.41) is 7.18. The van der Waals surface area contributed by atoms with Crippen LogP contribution in [0.1, 0.15) is 12.5 Å². The first kappa shape index (κ1) is 13.9. The molecule has 0 bridgehead atoms. The number of nitrogens with zero attached hydrogens (tertiary/aromatic N) is 2. The number of aromatic nitrogens is 2. The lowest BCUT2D eigenvalue weighted by Gasteiger charge is -2.12. The highest BCUT2D eigenvalue weighted by molar-refractivity contribution is 7.91. The summed E-state index contributed by atoms with van der Waals surface area (Å²) in [5.74, 6) is 0. The molecule has 0 saturated carbocycles. The van der Waals surface area contributed by atoms with E-state index in [2.05, 4.69) is 14.9 Å². The molecular formula is C11H14N4O2S2. The molecule has 0 radical (unpaired) electrons. The fraction of sp³-hybridized carbons (Fsp3) is 0.273. The van der Waals surface area contributed by atoms with Crippen LogP contribution < -0.4 is 10.5 Å². The lowest BCUT2D eigenvalue weighted by molar-refractivity contribution is 0.558.